The van der Waals surface area contributed by atoms with Gasteiger partial charge in [-0.05, 0) is 33.9 Å². The number of fused-ring (bicyclic) bond motifs is 10. The highest BCUT2D eigenvalue weighted by Gasteiger charge is 2.36. The molecule has 6 rings (SSSR count). The SMILES string of the molecule is CC1c2ccccc2-c2c3c(c4c([nH]c5ccccc54)c21)C(=O)NC3. The normalized spacial score (nSPS) is 17.6. The van der Waals surface area contributed by atoms with Crippen LogP contribution < -0.4 is 5.32 Å². The number of nitrogens with one attached hydrogen (secondary N) is 2. The summed E-state index contributed by atoms with van der Waals surface area (Å²) in [5.41, 5.74) is 9.46. The number of amides is 1. The van der Waals surface area contributed by atoms with Gasteiger partial charge < -0.3 is 10.3 Å². The van der Waals surface area contributed by atoms with E-state index in [0.29, 0.717) is 12.5 Å². The van der Waals surface area contributed by atoms with Crippen LogP contribution in [0.5, 0.6) is 0 Å². The predicted molar refractivity (Wildman–Crippen MR) is 99.9 cm³/mol. The van der Waals surface area contributed by atoms with E-state index in [1.165, 1.54) is 22.3 Å². The molecule has 1 aromatic heterocycles. The summed E-state index contributed by atoms with van der Waals surface area (Å²) in [7, 11) is 0. The van der Waals surface area contributed by atoms with E-state index in [4.69, 9.17) is 0 Å². The van der Waals surface area contributed by atoms with E-state index in [1.54, 1.807) is 0 Å². The lowest BCUT2D eigenvalue weighted by molar-refractivity contribution is 0.0967. The van der Waals surface area contributed by atoms with E-state index in [9.17, 15) is 4.79 Å². The van der Waals surface area contributed by atoms with Gasteiger partial charge in [0.15, 0.2) is 0 Å². The molecule has 1 aliphatic heterocycles. The highest BCUT2D eigenvalue weighted by molar-refractivity contribution is 6.22. The lowest BCUT2D eigenvalue weighted by Crippen LogP contribution is -2.12. The second-order valence-corrected chi connectivity index (χ2v) is 7.05. The summed E-state index contributed by atoms with van der Waals surface area (Å²) in [6, 6.07) is 16.9. The number of carbonyl (C=O) groups excluding carboxylic acids is 1. The van der Waals surface area contributed by atoms with Crippen LogP contribution in [0.4, 0.5) is 0 Å². The van der Waals surface area contributed by atoms with Crippen LogP contribution in [0, 0.1) is 0 Å². The van der Waals surface area contributed by atoms with Gasteiger partial charge in [-0.15, -0.1) is 0 Å². The molecule has 0 bridgehead atoms. The first-order chi connectivity index (χ1) is 12.3. The largest absolute Gasteiger partial charge is 0.354 e. The topological polar surface area (TPSA) is 44.9 Å². The fraction of sp³-hybridized carbons (Fsp3) is 0.136. The minimum absolute atomic E-state index is 0.0459. The average molecular weight is 324 g/mol. The summed E-state index contributed by atoms with van der Waals surface area (Å²) in [5, 5.41) is 5.27. The lowest BCUT2D eigenvalue weighted by atomic mass is 9.90. The van der Waals surface area contributed by atoms with Crippen LogP contribution in [0.3, 0.4) is 0 Å². The summed E-state index contributed by atoms with van der Waals surface area (Å²) in [6.07, 6.45) is 0. The first kappa shape index (κ1) is 13.2. The minimum atomic E-state index is 0.0459. The maximum Gasteiger partial charge on any atom is 0.252 e. The molecular weight excluding hydrogens is 308 g/mol. The lowest BCUT2D eigenvalue weighted by Gasteiger charge is -2.12. The highest BCUT2D eigenvalue weighted by Crippen LogP contribution is 2.52. The van der Waals surface area contributed by atoms with Gasteiger partial charge in [-0.2, -0.15) is 0 Å². The standard InChI is InChI=1S/C22H16N2O/c1-11-12-6-2-3-7-13(12)18-15-10-23-22(25)20(15)19-14-8-4-5-9-16(14)24-21(19)17(11)18/h2-9,11,24H,10H2,1H3,(H,23,25). The zero-order valence-electron chi connectivity index (χ0n) is 13.8. The number of aromatic nitrogens is 1. The number of aromatic amines is 1. The second kappa shape index (κ2) is 4.31. The Kier molecular flexibility index (Phi) is 2.28. The van der Waals surface area contributed by atoms with Crippen LogP contribution in [-0.2, 0) is 6.54 Å². The van der Waals surface area contributed by atoms with E-state index in [-0.39, 0.29) is 5.91 Å². The first-order valence-electron chi connectivity index (χ1n) is 8.72. The highest BCUT2D eigenvalue weighted by atomic mass is 16.1. The molecule has 0 saturated carbocycles. The van der Waals surface area contributed by atoms with Gasteiger partial charge in [0, 0.05) is 28.8 Å². The fourth-order valence-electron chi connectivity index (χ4n) is 4.85. The van der Waals surface area contributed by atoms with Crippen LogP contribution in [0.15, 0.2) is 48.5 Å². The first-order valence-corrected chi connectivity index (χ1v) is 8.72. The Balaban J connectivity index is 1.91. The van der Waals surface area contributed by atoms with Gasteiger partial charge in [-0.1, -0.05) is 49.4 Å². The molecule has 0 saturated heterocycles. The van der Waals surface area contributed by atoms with Gasteiger partial charge in [0.25, 0.3) is 5.91 Å². The molecule has 120 valence electrons. The van der Waals surface area contributed by atoms with Crippen molar-refractivity contribution < 1.29 is 4.79 Å². The van der Waals surface area contributed by atoms with Gasteiger partial charge in [-0.3, -0.25) is 4.79 Å². The van der Waals surface area contributed by atoms with Gasteiger partial charge in [-0.25, -0.2) is 0 Å². The average Bonchev–Trinajstić information content (AvgIpc) is 3.28. The van der Waals surface area contributed by atoms with E-state index >= 15 is 0 Å². The number of benzene rings is 3. The van der Waals surface area contributed by atoms with Gasteiger partial charge in [0.2, 0.25) is 0 Å². The van der Waals surface area contributed by atoms with E-state index < -0.39 is 0 Å². The van der Waals surface area contributed by atoms with Gasteiger partial charge in [0.1, 0.15) is 0 Å². The van der Waals surface area contributed by atoms with Crippen molar-refractivity contribution in [3.05, 3.63) is 70.8 Å². The Bertz CT molecular complexity index is 1230. The van der Waals surface area contributed by atoms with Crippen LogP contribution in [0.1, 0.15) is 39.9 Å². The Labute approximate surface area is 144 Å². The molecule has 0 spiro atoms. The van der Waals surface area contributed by atoms with Crippen molar-refractivity contribution in [2.75, 3.05) is 0 Å². The van der Waals surface area contributed by atoms with E-state index in [1.807, 2.05) is 12.1 Å². The molecule has 1 atom stereocenters. The van der Waals surface area contributed by atoms with Crippen LogP contribution in [0.2, 0.25) is 0 Å². The van der Waals surface area contributed by atoms with Crippen molar-refractivity contribution in [2.45, 2.75) is 19.4 Å². The van der Waals surface area contributed by atoms with E-state index in [2.05, 4.69) is 53.6 Å². The number of para-hydroxylation sites is 1. The summed E-state index contributed by atoms with van der Waals surface area (Å²) in [5.74, 6) is 0.368. The molecule has 25 heavy (non-hydrogen) atoms. The Morgan fingerprint density at radius 1 is 1.00 bits per heavy atom. The Morgan fingerprint density at radius 2 is 1.80 bits per heavy atom. The quantitative estimate of drug-likeness (QED) is 0.484. The molecule has 1 aliphatic carbocycles. The summed E-state index contributed by atoms with van der Waals surface area (Å²) in [6.45, 7) is 2.89. The number of carbonyl (C=O) groups is 1. The number of H-pyrrole nitrogens is 1. The molecule has 3 aromatic carbocycles. The molecule has 2 heterocycles. The zero-order chi connectivity index (χ0) is 16.7. The van der Waals surface area contributed by atoms with Crippen LogP contribution >= 0.6 is 0 Å². The van der Waals surface area contributed by atoms with Crippen molar-refractivity contribution in [1.82, 2.24) is 10.3 Å². The maximum absolute atomic E-state index is 12.7. The molecule has 3 heteroatoms. The molecule has 0 fully saturated rings. The van der Waals surface area contributed by atoms with Crippen molar-refractivity contribution in [3.63, 3.8) is 0 Å². The summed E-state index contributed by atoms with van der Waals surface area (Å²) < 4.78 is 0. The second-order valence-electron chi connectivity index (χ2n) is 7.05. The fourth-order valence-corrected chi connectivity index (χ4v) is 4.85. The van der Waals surface area contributed by atoms with Crippen molar-refractivity contribution in [3.8, 4) is 11.1 Å². The van der Waals surface area contributed by atoms with Crippen molar-refractivity contribution in [2.24, 2.45) is 0 Å². The number of hydrogen-bond acceptors (Lipinski definition) is 1. The molecule has 3 nitrogen and oxygen atoms in total. The smallest absolute Gasteiger partial charge is 0.252 e. The molecular formula is C22H16N2O. The molecule has 4 aromatic rings. The Hall–Kier alpha value is -3.07. The van der Waals surface area contributed by atoms with E-state index in [0.717, 1.165) is 32.9 Å². The molecule has 0 radical (unpaired) electrons. The monoisotopic (exact) mass is 324 g/mol. The van der Waals surface area contributed by atoms with Crippen LogP contribution in [0.25, 0.3) is 32.9 Å². The third-order valence-corrected chi connectivity index (χ3v) is 5.88. The maximum atomic E-state index is 12.7. The zero-order valence-corrected chi connectivity index (χ0v) is 13.8. The van der Waals surface area contributed by atoms with Crippen LogP contribution in [-0.4, -0.2) is 10.9 Å². The third kappa shape index (κ3) is 1.45. The minimum Gasteiger partial charge on any atom is -0.354 e. The molecule has 2 aliphatic rings. The molecule has 1 amide bonds. The Morgan fingerprint density at radius 3 is 2.72 bits per heavy atom. The number of rotatable bonds is 0. The van der Waals surface area contributed by atoms with Gasteiger partial charge >= 0.3 is 0 Å². The van der Waals surface area contributed by atoms with Crippen molar-refractivity contribution >= 4 is 27.7 Å². The number of hydrogen-bond donors (Lipinski definition) is 2. The van der Waals surface area contributed by atoms with Gasteiger partial charge in [0.05, 0.1) is 11.1 Å². The third-order valence-electron chi connectivity index (χ3n) is 5.88. The molecule has 1 unspecified atom stereocenters. The predicted octanol–water partition coefficient (Wildman–Crippen LogP) is 4.70. The summed E-state index contributed by atoms with van der Waals surface area (Å²) >= 11 is 0. The summed E-state index contributed by atoms with van der Waals surface area (Å²) in [4.78, 5) is 16.3. The van der Waals surface area contributed by atoms with Crippen molar-refractivity contribution in [1.29, 1.82) is 0 Å². The molecule has 2 N–H and O–H groups in total.